The number of aromatic nitrogens is 3. The Labute approximate surface area is 198 Å². The molecule has 4 aromatic rings. The van der Waals surface area contributed by atoms with Crippen LogP contribution in [0.4, 0.5) is 0 Å². The van der Waals surface area contributed by atoms with E-state index in [-0.39, 0.29) is 19.1 Å². The normalized spacial score (nSPS) is 10.8. The number of nitrogens with one attached hydrogen (secondary N) is 1. The van der Waals surface area contributed by atoms with Crippen molar-refractivity contribution in [3.8, 4) is 5.69 Å². The van der Waals surface area contributed by atoms with Crippen molar-refractivity contribution in [2.24, 2.45) is 0 Å². The summed E-state index contributed by atoms with van der Waals surface area (Å²) < 4.78 is 7.53. The van der Waals surface area contributed by atoms with Crippen molar-refractivity contribution < 1.29 is 9.53 Å². The summed E-state index contributed by atoms with van der Waals surface area (Å²) in [5.74, 6) is 1.26. The largest absolute Gasteiger partial charge is 0.367 e. The van der Waals surface area contributed by atoms with E-state index in [1.165, 1.54) is 11.1 Å². The third-order valence-electron chi connectivity index (χ3n) is 4.99. The smallest absolute Gasteiger partial charge is 0.246 e. The Morgan fingerprint density at radius 1 is 0.909 bits per heavy atom. The van der Waals surface area contributed by atoms with E-state index in [9.17, 15) is 4.79 Å². The van der Waals surface area contributed by atoms with Crippen LogP contribution < -0.4 is 5.32 Å². The van der Waals surface area contributed by atoms with Crippen molar-refractivity contribution in [3.63, 3.8) is 0 Å². The van der Waals surface area contributed by atoms with Gasteiger partial charge < -0.3 is 10.1 Å². The summed E-state index contributed by atoms with van der Waals surface area (Å²) in [4.78, 5) is 12.3. The molecular formula is C26H26N4O2S. The number of hydrogen-bond acceptors (Lipinski definition) is 5. The highest BCUT2D eigenvalue weighted by atomic mass is 32.2. The fourth-order valence-electron chi connectivity index (χ4n) is 3.25. The van der Waals surface area contributed by atoms with Gasteiger partial charge >= 0.3 is 0 Å². The van der Waals surface area contributed by atoms with Gasteiger partial charge in [-0.25, -0.2) is 0 Å². The molecule has 168 valence electrons. The van der Waals surface area contributed by atoms with Crippen LogP contribution in [0, 0.1) is 6.92 Å². The van der Waals surface area contributed by atoms with Gasteiger partial charge in [-0.05, 0) is 30.2 Å². The van der Waals surface area contributed by atoms with E-state index in [0.29, 0.717) is 12.4 Å². The van der Waals surface area contributed by atoms with Gasteiger partial charge in [0, 0.05) is 11.4 Å². The standard InChI is InChI=1S/C26H26N4O2S/c1-20-12-14-23(15-13-20)30-24(28-29-26(30)33-19-22-10-6-3-7-11-22)16-27-25(31)18-32-17-21-8-4-2-5-9-21/h2-15H,16-19H2,1H3,(H,27,31). The Hall–Kier alpha value is -3.42. The van der Waals surface area contributed by atoms with Gasteiger partial charge in [0.1, 0.15) is 6.61 Å². The molecule has 33 heavy (non-hydrogen) atoms. The summed E-state index contributed by atoms with van der Waals surface area (Å²) in [6, 6.07) is 28.2. The van der Waals surface area contributed by atoms with Crippen molar-refractivity contribution in [3.05, 3.63) is 107 Å². The molecule has 0 aliphatic heterocycles. The molecule has 1 heterocycles. The Kier molecular flexibility index (Phi) is 7.90. The fourth-order valence-corrected chi connectivity index (χ4v) is 4.17. The van der Waals surface area contributed by atoms with Crippen molar-refractivity contribution >= 4 is 17.7 Å². The summed E-state index contributed by atoms with van der Waals surface area (Å²) in [6.45, 7) is 2.70. The van der Waals surface area contributed by atoms with E-state index in [1.807, 2.05) is 65.2 Å². The average molecular weight is 459 g/mol. The van der Waals surface area contributed by atoms with Crippen LogP contribution >= 0.6 is 11.8 Å². The van der Waals surface area contributed by atoms with E-state index in [1.54, 1.807) is 11.8 Å². The van der Waals surface area contributed by atoms with E-state index < -0.39 is 0 Å². The van der Waals surface area contributed by atoms with Gasteiger partial charge in [-0.2, -0.15) is 0 Å². The Morgan fingerprint density at radius 2 is 1.58 bits per heavy atom. The van der Waals surface area contributed by atoms with E-state index in [4.69, 9.17) is 4.74 Å². The molecule has 3 aromatic carbocycles. The van der Waals surface area contributed by atoms with E-state index in [2.05, 4.69) is 46.7 Å². The number of amides is 1. The van der Waals surface area contributed by atoms with E-state index in [0.717, 1.165) is 22.2 Å². The predicted molar refractivity (Wildman–Crippen MR) is 130 cm³/mol. The third kappa shape index (κ3) is 6.54. The molecule has 6 nitrogen and oxygen atoms in total. The molecule has 0 saturated heterocycles. The van der Waals surface area contributed by atoms with Crippen LogP contribution in [0.15, 0.2) is 90.1 Å². The SMILES string of the molecule is Cc1ccc(-n2c(CNC(=O)COCc3ccccc3)nnc2SCc2ccccc2)cc1. The number of nitrogens with zero attached hydrogens (tertiary/aromatic N) is 3. The molecule has 1 amide bonds. The first-order valence-electron chi connectivity index (χ1n) is 10.8. The molecule has 0 atom stereocenters. The minimum atomic E-state index is -0.192. The molecule has 1 aromatic heterocycles. The molecule has 0 aliphatic carbocycles. The molecular weight excluding hydrogens is 432 g/mol. The van der Waals surface area contributed by atoms with Crippen LogP contribution in [0.25, 0.3) is 5.69 Å². The summed E-state index contributed by atoms with van der Waals surface area (Å²) in [6.07, 6.45) is 0. The van der Waals surface area contributed by atoms with Crippen LogP contribution in [0.2, 0.25) is 0 Å². The van der Waals surface area contributed by atoms with Crippen LogP contribution in [0.3, 0.4) is 0 Å². The van der Waals surface area contributed by atoms with Crippen LogP contribution in [0.1, 0.15) is 22.5 Å². The lowest BCUT2D eigenvalue weighted by molar-refractivity contribution is -0.126. The quantitative estimate of drug-likeness (QED) is 0.349. The lowest BCUT2D eigenvalue weighted by Crippen LogP contribution is -2.28. The zero-order valence-corrected chi connectivity index (χ0v) is 19.3. The number of hydrogen-bond donors (Lipinski definition) is 1. The molecule has 0 saturated carbocycles. The first-order chi connectivity index (χ1) is 16.2. The summed E-state index contributed by atoms with van der Waals surface area (Å²) in [5, 5.41) is 12.4. The first-order valence-corrected chi connectivity index (χ1v) is 11.7. The Morgan fingerprint density at radius 3 is 2.27 bits per heavy atom. The Balaban J connectivity index is 1.41. The highest BCUT2D eigenvalue weighted by Crippen LogP contribution is 2.25. The number of carbonyl (C=O) groups excluding carboxylic acids is 1. The predicted octanol–water partition coefficient (Wildman–Crippen LogP) is 4.70. The second-order valence-corrected chi connectivity index (χ2v) is 8.54. The third-order valence-corrected chi connectivity index (χ3v) is 5.99. The summed E-state index contributed by atoms with van der Waals surface area (Å²) >= 11 is 1.62. The maximum Gasteiger partial charge on any atom is 0.246 e. The molecule has 4 rings (SSSR count). The van der Waals surface area contributed by atoms with Crippen LogP contribution in [-0.4, -0.2) is 27.3 Å². The van der Waals surface area contributed by atoms with Gasteiger partial charge in [0.2, 0.25) is 5.91 Å². The molecule has 0 fully saturated rings. The second kappa shape index (κ2) is 11.4. The number of ether oxygens (including phenoxy) is 1. The zero-order valence-electron chi connectivity index (χ0n) is 18.5. The lowest BCUT2D eigenvalue weighted by Gasteiger charge is -2.11. The maximum atomic E-state index is 12.3. The van der Waals surface area contributed by atoms with Gasteiger partial charge in [-0.1, -0.05) is 90.1 Å². The summed E-state index contributed by atoms with van der Waals surface area (Å²) in [7, 11) is 0. The Bertz CT molecular complexity index is 1160. The fraction of sp³-hybridized carbons (Fsp3) is 0.192. The van der Waals surface area contributed by atoms with Crippen LogP contribution in [0.5, 0.6) is 0 Å². The molecule has 0 aliphatic rings. The van der Waals surface area contributed by atoms with E-state index >= 15 is 0 Å². The van der Waals surface area contributed by atoms with Crippen LogP contribution in [-0.2, 0) is 28.4 Å². The van der Waals surface area contributed by atoms with Gasteiger partial charge in [0.05, 0.1) is 13.2 Å². The van der Waals surface area contributed by atoms with Crippen molar-refractivity contribution in [1.82, 2.24) is 20.1 Å². The van der Waals surface area contributed by atoms with Crippen molar-refractivity contribution in [2.45, 2.75) is 31.0 Å². The van der Waals surface area contributed by atoms with Gasteiger partial charge in [-0.3, -0.25) is 9.36 Å². The molecule has 0 unspecified atom stereocenters. The topological polar surface area (TPSA) is 69.0 Å². The highest BCUT2D eigenvalue weighted by Gasteiger charge is 2.15. The lowest BCUT2D eigenvalue weighted by atomic mass is 10.2. The zero-order chi connectivity index (χ0) is 22.9. The molecule has 7 heteroatoms. The number of thioether (sulfide) groups is 1. The van der Waals surface area contributed by atoms with Crippen molar-refractivity contribution in [2.75, 3.05) is 6.61 Å². The number of rotatable bonds is 10. The monoisotopic (exact) mass is 458 g/mol. The molecule has 0 bridgehead atoms. The average Bonchev–Trinajstić information content (AvgIpc) is 3.26. The number of aryl methyl sites for hydroxylation is 1. The first kappa shape index (κ1) is 22.8. The van der Waals surface area contributed by atoms with Gasteiger partial charge in [0.15, 0.2) is 11.0 Å². The minimum Gasteiger partial charge on any atom is -0.367 e. The highest BCUT2D eigenvalue weighted by molar-refractivity contribution is 7.98. The minimum absolute atomic E-state index is 0.0107. The second-order valence-electron chi connectivity index (χ2n) is 7.60. The maximum absolute atomic E-state index is 12.3. The van der Waals surface area contributed by atoms with Gasteiger partial charge in [0.25, 0.3) is 0 Å². The number of carbonyl (C=O) groups is 1. The number of benzene rings is 3. The molecule has 1 N–H and O–H groups in total. The van der Waals surface area contributed by atoms with Crippen molar-refractivity contribution in [1.29, 1.82) is 0 Å². The summed E-state index contributed by atoms with van der Waals surface area (Å²) in [5.41, 5.74) is 4.39. The molecule has 0 spiro atoms. The molecule has 0 radical (unpaired) electrons. The van der Waals surface area contributed by atoms with Gasteiger partial charge in [-0.15, -0.1) is 10.2 Å².